The van der Waals surface area contributed by atoms with Crippen LogP contribution < -0.4 is 0 Å². The molecular formula is C17H19F2NO. The van der Waals surface area contributed by atoms with Crippen molar-refractivity contribution in [1.82, 2.24) is 4.90 Å². The van der Waals surface area contributed by atoms with Gasteiger partial charge in [0, 0.05) is 13.1 Å². The summed E-state index contributed by atoms with van der Waals surface area (Å²) in [4.78, 5) is 14.2. The molecule has 112 valence electrons. The number of nitrogens with zero attached hydrogens (tertiary/aromatic N) is 1. The molecule has 0 atom stereocenters. The Balaban J connectivity index is 1.59. The first kappa shape index (κ1) is 13.2. The van der Waals surface area contributed by atoms with Gasteiger partial charge in [0.25, 0.3) is 5.92 Å². The van der Waals surface area contributed by atoms with E-state index in [1.807, 2.05) is 6.07 Å². The Morgan fingerprint density at radius 2 is 1.62 bits per heavy atom. The second kappa shape index (κ2) is 4.05. The van der Waals surface area contributed by atoms with Gasteiger partial charge >= 0.3 is 0 Å². The molecular weight excluding hydrogens is 272 g/mol. The third-order valence-corrected chi connectivity index (χ3v) is 5.79. The lowest BCUT2D eigenvalue weighted by molar-refractivity contribution is -0.354. The van der Waals surface area contributed by atoms with Crippen molar-refractivity contribution in [2.45, 2.75) is 43.4 Å². The van der Waals surface area contributed by atoms with Crippen molar-refractivity contribution >= 4 is 5.91 Å². The highest BCUT2D eigenvalue weighted by Gasteiger charge is 2.91. The highest BCUT2D eigenvalue weighted by atomic mass is 19.3. The van der Waals surface area contributed by atoms with Crippen LogP contribution in [-0.2, 0) is 10.2 Å². The summed E-state index contributed by atoms with van der Waals surface area (Å²) < 4.78 is 29.5. The predicted octanol–water partition coefficient (Wildman–Crippen LogP) is 3.37. The molecule has 3 saturated carbocycles. The average molecular weight is 291 g/mol. The zero-order valence-corrected chi connectivity index (χ0v) is 11.9. The van der Waals surface area contributed by atoms with Crippen LogP contribution in [0.25, 0.3) is 0 Å². The number of carbonyl (C=O) groups is 1. The van der Waals surface area contributed by atoms with Gasteiger partial charge in [0.1, 0.15) is 5.41 Å². The van der Waals surface area contributed by atoms with Crippen molar-refractivity contribution in [3.63, 3.8) is 0 Å². The van der Waals surface area contributed by atoms with Crippen LogP contribution in [0.4, 0.5) is 8.78 Å². The molecule has 1 aromatic carbocycles. The lowest BCUT2D eigenvalue weighted by Crippen LogP contribution is -2.85. The summed E-state index contributed by atoms with van der Waals surface area (Å²) in [5.74, 6) is -3.19. The van der Waals surface area contributed by atoms with Gasteiger partial charge in [0.15, 0.2) is 0 Å². The zero-order valence-electron chi connectivity index (χ0n) is 11.9. The van der Waals surface area contributed by atoms with Crippen molar-refractivity contribution in [3.05, 3.63) is 35.9 Å². The van der Waals surface area contributed by atoms with Crippen LogP contribution in [0, 0.1) is 5.41 Å². The molecule has 1 heterocycles. The van der Waals surface area contributed by atoms with Crippen molar-refractivity contribution in [2.24, 2.45) is 5.41 Å². The molecule has 4 fully saturated rings. The molecule has 1 aromatic rings. The average Bonchev–Trinajstić information content (AvgIpc) is 2.48. The Morgan fingerprint density at radius 3 is 2.19 bits per heavy atom. The molecule has 0 unspecified atom stereocenters. The molecule has 0 spiro atoms. The van der Waals surface area contributed by atoms with Crippen LogP contribution in [-0.4, -0.2) is 29.8 Å². The van der Waals surface area contributed by atoms with Crippen molar-refractivity contribution < 1.29 is 13.6 Å². The Hall–Kier alpha value is -1.45. The smallest absolute Gasteiger partial charge is 0.271 e. The number of benzene rings is 1. The summed E-state index contributed by atoms with van der Waals surface area (Å²) in [6.07, 6.45) is 3.61. The molecule has 1 aliphatic heterocycles. The van der Waals surface area contributed by atoms with E-state index in [9.17, 15) is 13.6 Å². The van der Waals surface area contributed by atoms with Crippen LogP contribution in [0.2, 0.25) is 0 Å². The number of piperidine rings is 1. The number of carbonyl (C=O) groups excluding carboxylic acids is 1. The molecule has 0 N–H and O–H groups in total. The third kappa shape index (κ3) is 1.39. The van der Waals surface area contributed by atoms with E-state index in [4.69, 9.17) is 0 Å². The van der Waals surface area contributed by atoms with Crippen molar-refractivity contribution in [1.29, 1.82) is 0 Å². The third-order valence-electron chi connectivity index (χ3n) is 5.79. The molecule has 3 aliphatic carbocycles. The first-order valence-electron chi connectivity index (χ1n) is 7.76. The largest absolute Gasteiger partial charge is 0.342 e. The van der Waals surface area contributed by atoms with Gasteiger partial charge in [0.2, 0.25) is 5.91 Å². The Labute approximate surface area is 123 Å². The molecule has 2 bridgehead atoms. The van der Waals surface area contributed by atoms with Gasteiger partial charge in [-0.25, -0.2) is 8.78 Å². The maximum Gasteiger partial charge on any atom is 0.271 e. The van der Waals surface area contributed by atoms with Gasteiger partial charge in [-0.05, 0) is 37.7 Å². The van der Waals surface area contributed by atoms with Gasteiger partial charge in [-0.15, -0.1) is 0 Å². The molecule has 0 radical (unpaired) electrons. The van der Waals surface area contributed by atoms with E-state index in [1.54, 1.807) is 29.2 Å². The fraction of sp³-hybridized carbons (Fsp3) is 0.588. The molecule has 21 heavy (non-hydrogen) atoms. The maximum absolute atomic E-state index is 14.7. The van der Waals surface area contributed by atoms with E-state index < -0.39 is 16.8 Å². The summed E-state index contributed by atoms with van der Waals surface area (Å²) in [6, 6.07) is 8.96. The first-order valence-corrected chi connectivity index (χ1v) is 7.76. The first-order chi connectivity index (χ1) is 10.0. The molecule has 4 heteroatoms. The predicted molar refractivity (Wildman–Crippen MR) is 75.2 cm³/mol. The highest BCUT2D eigenvalue weighted by Crippen LogP contribution is 2.82. The molecule has 5 rings (SSSR count). The van der Waals surface area contributed by atoms with Crippen molar-refractivity contribution in [2.75, 3.05) is 13.1 Å². The highest BCUT2D eigenvalue weighted by molar-refractivity contribution is 5.90. The minimum absolute atomic E-state index is 0.301. The van der Waals surface area contributed by atoms with E-state index >= 15 is 0 Å². The molecule has 4 aliphatic rings. The summed E-state index contributed by atoms with van der Waals surface area (Å²) in [5, 5.41) is 0. The Bertz CT molecular complexity index is 572. The van der Waals surface area contributed by atoms with Crippen molar-refractivity contribution in [3.8, 4) is 0 Å². The minimum atomic E-state index is -2.89. The van der Waals surface area contributed by atoms with E-state index in [2.05, 4.69) is 0 Å². The van der Waals surface area contributed by atoms with Gasteiger partial charge in [-0.3, -0.25) is 4.79 Å². The number of amides is 1. The standard InChI is InChI=1S/C17H19F2NO/c18-17(19)15(13-7-3-1-4-8-13)11-16(17,12-15)14(21)20-9-5-2-6-10-20/h1,3-4,7-8H,2,5-6,9-12H2. The van der Waals surface area contributed by atoms with Gasteiger partial charge in [0.05, 0.1) is 5.41 Å². The minimum Gasteiger partial charge on any atom is -0.342 e. The summed E-state index contributed by atoms with van der Waals surface area (Å²) in [6.45, 7) is 1.30. The lowest BCUT2D eigenvalue weighted by atomic mass is 9.30. The van der Waals surface area contributed by atoms with Crippen LogP contribution >= 0.6 is 0 Å². The summed E-state index contributed by atoms with van der Waals surface area (Å²) in [7, 11) is 0. The Morgan fingerprint density at radius 1 is 1.00 bits per heavy atom. The number of halogens is 2. The van der Waals surface area contributed by atoms with Gasteiger partial charge in [-0.2, -0.15) is 0 Å². The fourth-order valence-corrected chi connectivity index (χ4v) is 4.50. The van der Waals surface area contributed by atoms with Crippen LogP contribution in [0.15, 0.2) is 30.3 Å². The fourth-order valence-electron chi connectivity index (χ4n) is 4.50. The molecule has 1 amide bonds. The lowest BCUT2D eigenvalue weighted by Gasteiger charge is -2.74. The topological polar surface area (TPSA) is 20.3 Å². The SMILES string of the molecule is O=C(N1CCCCC1)C12CC(c3ccccc3)(C1)C2(F)F. The number of alkyl halides is 2. The molecule has 2 nitrogen and oxygen atoms in total. The zero-order chi connectivity index (χ0) is 14.7. The van der Waals surface area contributed by atoms with Gasteiger partial charge in [-0.1, -0.05) is 30.3 Å². The van der Waals surface area contributed by atoms with E-state index in [0.29, 0.717) is 31.5 Å². The maximum atomic E-state index is 14.7. The summed E-state index contributed by atoms with van der Waals surface area (Å²) >= 11 is 0. The number of likely N-dealkylation sites (tertiary alicyclic amines) is 1. The monoisotopic (exact) mass is 291 g/mol. The number of hydrogen-bond acceptors (Lipinski definition) is 1. The second-order valence-electron chi connectivity index (χ2n) is 6.81. The van der Waals surface area contributed by atoms with Crippen LogP contribution in [0.5, 0.6) is 0 Å². The normalized spacial score (nSPS) is 36.6. The summed E-state index contributed by atoms with van der Waals surface area (Å²) in [5.41, 5.74) is -1.80. The second-order valence-corrected chi connectivity index (χ2v) is 6.81. The van der Waals surface area contributed by atoms with Gasteiger partial charge < -0.3 is 4.90 Å². The van der Waals surface area contributed by atoms with Crippen LogP contribution in [0.1, 0.15) is 37.7 Å². The quantitative estimate of drug-likeness (QED) is 0.818. The van der Waals surface area contributed by atoms with Crippen LogP contribution in [0.3, 0.4) is 0 Å². The Kier molecular flexibility index (Phi) is 2.55. The number of hydrogen-bond donors (Lipinski definition) is 0. The van der Waals surface area contributed by atoms with E-state index in [1.165, 1.54) is 0 Å². The van der Waals surface area contributed by atoms with E-state index in [0.717, 1.165) is 19.3 Å². The molecule has 1 saturated heterocycles. The van der Waals surface area contributed by atoms with E-state index in [-0.39, 0.29) is 5.91 Å². The number of rotatable bonds is 2. The molecule has 0 aromatic heterocycles.